The molecular formula is C29H33FN4O2. The highest BCUT2D eigenvalue weighted by molar-refractivity contribution is 5.96. The van der Waals surface area contributed by atoms with Gasteiger partial charge in [-0.05, 0) is 91.3 Å². The Labute approximate surface area is 211 Å². The molecule has 0 spiro atoms. The Kier molecular flexibility index (Phi) is 6.27. The second kappa shape index (κ2) is 9.26. The van der Waals surface area contributed by atoms with Crippen LogP contribution < -0.4 is 5.32 Å². The van der Waals surface area contributed by atoms with E-state index in [1.807, 2.05) is 26.1 Å². The first kappa shape index (κ1) is 24.3. The molecule has 2 saturated carbocycles. The number of fused-ring (bicyclic) bond motifs is 2. The molecule has 7 heteroatoms. The van der Waals surface area contributed by atoms with E-state index in [1.54, 1.807) is 44.6 Å². The lowest BCUT2D eigenvalue weighted by molar-refractivity contribution is -0.126. The minimum Gasteiger partial charge on any atom is -0.343 e. The molecule has 0 saturated heterocycles. The van der Waals surface area contributed by atoms with Crippen molar-refractivity contribution in [3.63, 3.8) is 0 Å². The van der Waals surface area contributed by atoms with Crippen molar-refractivity contribution in [3.8, 4) is 0 Å². The Balaban J connectivity index is 1.24. The van der Waals surface area contributed by atoms with Gasteiger partial charge in [0.2, 0.25) is 5.91 Å². The molecule has 0 radical (unpaired) electrons. The Hall–Kier alpha value is -3.35. The molecule has 2 aliphatic carbocycles. The normalized spacial score (nSPS) is 23.5. The van der Waals surface area contributed by atoms with Crippen molar-refractivity contribution >= 4 is 28.4 Å². The predicted molar refractivity (Wildman–Crippen MR) is 138 cm³/mol. The van der Waals surface area contributed by atoms with Gasteiger partial charge in [-0.25, -0.2) is 9.37 Å². The average molecular weight is 489 g/mol. The fourth-order valence-corrected chi connectivity index (χ4v) is 6.26. The largest absolute Gasteiger partial charge is 0.343 e. The van der Waals surface area contributed by atoms with Gasteiger partial charge in [-0.15, -0.1) is 0 Å². The Morgan fingerprint density at radius 1 is 1.00 bits per heavy atom. The third-order valence-electron chi connectivity index (χ3n) is 8.45. The van der Waals surface area contributed by atoms with Gasteiger partial charge in [0.1, 0.15) is 11.5 Å². The first-order valence-electron chi connectivity index (χ1n) is 12.7. The third-order valence-corrected chi connectivity index (χ3v) is 8.45. The lowest BCUT2D eigenvalue weighted by Crippen LogP contribution is -2.37. The zero-order valence-corrected chi connectivity index (χ0v) is 21.3. The standard InChI is InChI=1S/C29H33FN4O2/c1-29(2,28(36)33-22-6-8-26(32-16-22)27(35)34(3)4)20-13-17-11-19(12-18(17)14-20)23-9-10-31-25-7-5-21(30)15-24(23)25/h5-10,15-20H,11-14H2,1-4H3,(H,33,36)/t17-,18+,19?,20?. The van der Waals surface area contributed by atoms with Crippen molar-refractivity contribution in [2.45, 2.75) is 45.4 Å². The summed E-state index contributed by atoms with van der Waals surface area (Å²) in [5.41, 5.74) is 2.46. The summed E-state index contributed by atoms with van der Waals surface area (Å²) in [5, 5.41) is 3.93. The summed E-state index contributed by atoms with van der Waals surface area (Å²) >= 11 is 0. The van der Waals surface area contributed by atoms with Gasteiger partial charge in [0, 0.05) is 31.1 Å². The first-order chi connectivity index (χ1) is 17.1. The van der Waals surface area contributed by atoms with Crippen molar-refractivity contribution in [1.82, 2.24) is 14.9 Å². The summed E-state index contributed by atoms with van der Waals surface area (Å²) in [7, 11) is 3.36. The SMILES string of the molecule is CN(C)C(=O)c1ccc(NC(=O)C(C)(C)C2C[C@H]3CC(c4ccnc5ccc(F)cc45)C[C@H]3C2)cn1. The molecule has 0 aliphatic heterocycles. The smallest absolute Gasteiger partial charge is 0.271 e. The van der Waals surface area contributed by atoms with E-state index in [2.05, 4.69) is 15.3 Å². The predicted octanol–water partition coefficient (Wildman–Crippen LogP) is 5.66. The van der Waals surface area contributed by atoms with Crippen LogP contribution in [0.25, 0.3) is 10.9 Å². The molecule has 6 nitrogen and oxygen atoms in total. The zero-order valence-electron chi connectivity index (χ0n) is 21.3. The number of hydrogen-bond donors (Lipinski definition) is 1. The maximum absolute atomic E-state index is 13.9. The van der Waals surface area contributed by atoms with Crippen LogP contribution in [-0.2, 0) is 4.79 Å². The molecule has 4 atom stereocenters. The minimum absolute atomic E-state index is 0.0203. The van der Waals surface area contributed by atoms with E-state index in [1.165, 1.54) is 16.5 Å². The van der Waals surface area contributed by atoms with Crippen molar-refractivity contribution < 1.29 is 14.0 Å². The lowest BCUT2D eigenvalue weighted by atomic mass is 9.75. The topological polar surface area (TPSA) is 75.2 Å². The molecule has 3 aromatic rings. The summed E-state index contributed by atoms with van der Waals surface area (Å²) in [6, 6.07) is 10.2. The van der Waals surface area contributed by atoms with Gasteiger partial charge in [-0.1, -0.05) is 13.8 Å². The molecule has 2 aliphatic rings. The van der Waals surface area contributed by atoms with Gasteiger partial charge in [0.15, 0.2) is 0 Å². The van der Waals surface area contributed by atoms with E-state index >= 15 is 0 Å². The van der Waals surface area contributed by atoms with Crippen LogP contribution in [0.3, 0.4) is 0 Å². The summed E-state index contributed by atoms with van der Waals surface area (Å²) in [5.74, 6) is 1.42. The number of benzene rings is 1. The highest BCUT2D eigenvalue weighted by Crippen LogP contribution is 2.56. The number of hydrogen-bond acceptors (Lipinski definition) is 4. The van der Waals surface area contributed by atoms with Gasteiger partial charge in [0.05, 0.1) is 17.4 Å². The molecule has 2 unspecified atom stereocenters. The van der Waals surface area contributed by atoms with Gasteiger partial charge >= 0.3 is 0 Å². The number of pyridine rings is 2. The summed E-state index contributed by atoms with van der Waals surface area (Å²) in [6.07, 6.45) is 7.55. The molecule has 2 fully saturated rings. The molecule has 36 heavy (non-hydrogen) atoms. The molecule has 2 amide bonds. The molecule has 2 heterocycles. The van der Waals surface area contributed by atoms with E-state index in [0.29, 0.717) is 35.1 Å². The number of rotatable bonds is 5. The number of amides is 2. The van der Waals surface area contributed by atoms with E-state index in [9.17, 15) is 14.0 Å². The average Bonchev–Trinajstić information content (AvgIpc) is 3.43. The van der Waals surface area contributed by atoms with Crippen LogP contribution in [0.15, 0.2) is 48.8 Å². The van der Waals surface area contributed by atoms with Gasteiger partial charge in [0.25, 0.3) is 5.91 Å². The number of halogens is 1. The maximum atomic E-state index is 13.9. The van der Waals surface area contributed by atoms with Crippen LogP contribution in [-0.4, -0.2) is 40.8 Å². The lowest BCUT2D eigenvalue weighted by Gasteiger charge is -2.31. The van der Waals surface area contributed by atoms with Crippen molar-refractivity contribution in [2.75, 3.05) is 19.4 Å². The highest BCUT2D eigenvalue weighted by atomic mass is 19.1. The molecule has 1 aromatic carbocycles. The number of aromatic nitrogens is 2. The molecule has 188 valence electrons. The van der Waals surface area contributed by atoms with Gasteiger partial charge < -0.3 is 10.2 Å². The number of nitrogens with one attached hydrogen (secondary N) is 1. The molecule has 2 aromatic heterocycles. The van der Waals surface area contributed by atoms with Gasteiger partial charge in [-0.3, -0.25) is 14.6 Å². The van der Waals surface area contributed by atoms with Crippen molar-refractivity contribution in [3.05, 3.63) is 65.9 Å². The maximum Gasteiger partial charge on any atom is 0.271 e. The minimum atomic E-state index is -0.523. The Morgan fingerprint density at radius 3 is 2.36 bits per heavy atom. The number of anilines is 1. The number of carbonyl (C=O) groups is 2. The first-order valence-corrected chi connectivity index (χ1v) is 12.7. The number of nitrogens with zero attached hydrogens (tertiary/aromatic N) is 3. The number of carbonyl (C=O) groups excluding carboxylic acids is 2. The van der Waals surface area contributed by atoms with Crippen molar-refractivity contribution in [1.29, 1.82) is 0 Å². The van der Waals surface area contributed by atoms with E-state index in [-0.39, 0.29) is 17.6 Å². The van der Waals surface area contributed by atoms with Crippen LogP contribution in [0.2, 0.25) is 0 Å². The highest BCUT2D eigenvalue weighted by Gasteiger charge is 2.49. The van der Waals surface area contributed by atoms with Crippen molar-refractivity contribution in [2.24, 2.45) is 23.2 Å². The fourth-order valence-electron chi connectivity index (χ4n) is 6.26. The van der Waals surface area contributed by atoms with E-state index in [4.69, 9.17) is 0 Å². The van der Waals surface area contributed by atoms with Crippen LogP contribution in [0.1, 0.15) is 61.5 Å². The molecule has 0 bridgehead atoms. The van der Waals surface area contributed by atoms with Crippen LogP contribution >= 0.6 is 0 Å². The summed E-state index contributed by atoms with van der Waals surface area (Å²) < 4.78 is 13.9. The molecular weight excluding hydrogens is 455 g/mol. The van der Waals surface area contributed by atoms with E-state index < -0.39 is 5.41 Å². The second-order valence-electron chi connectivity index (χ2n) is 11.2. The summed E-state index contributed by atoms with van der Waals surface area (Å²) in [4.78, 5) is 35.4. The monoisotopic (exact) mass is 488 g/mol. The molecule has 5 rings (SSSR count). The van der Waals surface area contributed by atoms with Crippen LogP contribution in [0.5, 0.6) is 0 Å². The zero-order chi connectivity index (χ0) is 25.6. The van der Waals surface area contributed by atoms with Crippen LogP contribution in [0.4, 0.5) is 10.1 Å². The fraction of sp³-hybridized carbons (Fsp3) is 0.448. The van der Waals surface area contributed by atoms with Crippen LogP contribution in [0, 0.1) is 29.0 Å². The Bertz CT molecular complexity index is 1290. The summed E-state index contributed by atoms with van der Waals surface area (Å²) in [6.45, 7) is 4.06. The van der Waals surface area contributed by atoms with Gasteiger partial charge in [-0.2, -0.15) is 0 Å². The quantitative estimate of drug-likeness (QED) is 0.503. The molecule has 1 N–H and O–H groups in total. The van der Waals surface area contributed by atoms with E-state index in [0.717, 1.165) is 36.6 Å². The third kappa shape index (κ3) is 4.47. The Morgan fingerprint density at radius 2 is 1.72 bits per heavy atom. The second-order valence-corrected chi connectivity index (χ2v) is 11.2.